The molecule has 1 fully saturated rings. The molecular formula is C15H26N4O2S. The zero-order chi connectivity index (χ0) is 16.3. The fourth-order valence-corrected chi connectivity index (χ4v) is 3.54. The summed E-state index contributed by atoms with van der Waals surface area (Å²) in [7, 11) is 0. The molecule has 22 heavy (non-hydrogen) atoms. The molecule has 2 atom stereocenters. The maximum Gasteiger partial charge on any atom is 0.240 e. The number of hydrogen-bond acceptors (Lipinski definition) is 6. The molecule has 1 aliphatic heterocycles. The van der Waals surface area contributed by atoms with Gasteiger partial charge in [-0.3, -0.25) is 14.6 Å². The minimum atomic E-state index is -0.311. The van der Waals surface area contributed by atoms with Crippen LogP contribution in [0.4, 0.5) is 5.13 Å². The quantitative estimate of drug-likeness (QED) is 0.848. The first kappa shape index (κ1) is 17.3. The highest BCUT2D eigenvalue weighted by Gasteiger charge is 2.25. The van der Waals surface area contributed by atoms with Crippen molar-refractivity contribution in [3.63, 3.8) is 0 Å². The molecule has 2 rings (SSSR count). The predicted molar refractivity (Wildman–Crippen MR) is 89.4 cm³/mol. The monoisotopic (exact) mass is 326 g/mol. The normalized spacial score (nSPS) is 21.8. The van der Waals surface area contributed by atoms with E-state index in [1.807, 2.05) is 20.8 Å². The number of aliphatic hydroxyl groups excluding tert-OH is 1. The van der Waals surface area contributed by atoms with Gasteiger partial charge in [0, 0.05) is 37.1 Å². The Hall–Kier alpha value is -1.02. The number of thiazole rings is 1. The van der Waals surface area contributed by atoms with E-state index < -0.39 is 0 Å². The number of anilines is 1. The SMILES string of the molecule is Cc1nc(NC(=O)CN2CCN(CC(C)O)C(C)C2)sc1C. The first-order valence-electron chi connectivity index (χ1n) is 7.73. The largest absolute Gasteiger partial charge is 0.392 e. The highest BCUT2D eigenvalue weighted by Crippen LogP contribution is 2.21. The number of carbonyl (C=O) groups is 1. The second kappa shape index (κ2) is 7.50. The van der Waals surface area contributed by atoms with Crippen molar-refractivity contribution in [2.45, 2.75) is 39.8 Å². The number of hydrogen-bond donors (Lipinski definition) is 2. The number of piperazine rings is 1. The molecule has 0 spiro atoms. The number of β-amino-alcohol motifs (C(OH)–C–C–N with tert-alkyl or cyclic N) is 1. The van der Waals surface area contributed by atoms with E-state index in [0.29, 0.717) is 24.3 Å². The van der Waals surface area contributed by atoms with E-state index >= 15 is 0 Å². The third-order valence-corrected chi connectivity index (χ3v) is 4.98. The Bertz CT molecular complexity index is 498. The lowest BCUT2D eigenvalue weighted by Gasteiger charge is -2.40. The van der Waals surface area contributed by atoms with Crippen molar-refractivity contribution < 1.29 is 9.90 Å². The topological polar surface area (TPSA) is 68.7 Å². The maximum absolute atomic E-state index is 12.1. The van der Waals surface area contributed by atoms with Crippen molar-refractivity contribution in [1.29, 1.82) is 0 Å². The summed E-state index contributed by atoms with van der Waals surface area (Å²) in [6, 6.07) is 0.348. The lowest BCUT2D eigenvalue weighted by molar-refractivity contribution is -0.118. The minimum absolute atomic E-state index is 0.00933. The number of aryl methyl sites for hydroxylation is 2. The summed E-state index contributed by atoms with van der Waals surface area (Å²) in [6.45, 7) is 11.6. The van der Waals surface area contributed by atoms with Gasteiger partial charge in [-0.05, 0) is 27.7 Å². The van der Waals surface area contributed by atoms with Crippen molar-refractivity contribution in [2.75, 3.05) is 38.0 Å². The van der Waals surface area contributed by atoms with Crippen LogP contribution in [0, 0.1) is 13.8 Å². The van der Waals surface area contributed by atoms with Gasteiger partial charge in [-0.1, -0.05) is 0 Å². The molecule has 0 radical (unpaired) electrons. The molecule has 0 aliphatic carbocycles. The van der Waals surface area contributed by atoms with E-state index in [-0.39, 0.29) is 12.0 Å². The maximum atomic E-state index is 12.1. The summed E-state index contributed by atoms with van der Waals surface area (Å²) in [5, 5.41) is 13.1. The fraction of sp³-hybridized carbons (Fsp3) is 0.733. The van der Waals surface area contributed by atoms with E-state index in [9.17, 15) is 9.90 Å². The molecule has 1 amide bonds. The molecule has 0 aromatic carbocycles. The third kappa shape index (κ3) is 4.74. The Morgan fingerprint density at radius 2 is 2.23 bits per heavy atom. The van der Waals surface area contributed by atoms with Crippen LogP contribution in [0.2, 0.25) is 0 Å². The smallest absolute Gasteiger partial charge is 0.240 e. The summed E-state index contributed by atoms with van der Waals surface area (Å²) < 4.78 is 0. The van der Waals surface area contributed by atoms with Crippen LogP contribution >= 0.6 is 11.3 Å². The molecule has 2 unspecified atom stereocenters. The number of carbonyl (C=O) groups excluding carboxylic acids is 1. The van der Waals surface area contributed by atoms with Crippen LogP contribution in [-0.4, -0.2) is 70.7 Å². The highest BCUT2D eigenvalue weighted by atomic mass is 32.1. The zero-order valence-corrected chi connectivity index (χ0v) is 14.6. The van der Waals surface area contributed by atoms with Gasteiger partial charge in [-0.2, -0.15) is 0 Å². The van der Waals surface area contributed by atoms with Crippen molar-refractivity contribution in [3.05, 3.63) is 10.6 Å². The summed E-state index contributed by atoms with van der Waals surface area (Å²) >= 11 is 1.51. The fourth-order valence-electron chi connectivity index (χ4n) is 2.71. The molecule has 124 valence electrons. The Labute approximate surface area is 136 Å². The molecule has 7 heteroatoms. The summed E-state index contributed by atoms with van der Waals surface area (Å²) in [6.07, 6.45) is -0.311. The van der Waals surface area contributed by atoms with Gasteiger partial charge in [0.1, 0.15) is 0 Å². The van der Waals surface area contributed by atoms with Crippen molar-refractivity contribution in [1.82, 2.24) is 14.8 Å². The molecule has 1 aromatic heterocycles. The number of nitrogens with one attached hydrogen (secondary N) is 1. The lowest BCUT2D eigenvalue weighted by Crippen LogP contribution is -2.54. The van der Waals surface area contributed by atoms with Gasteiger partial charge >= 0.3 is 0 Å². The Balaban J connectivity index is 1.80. The predicted octanol–water partition coefficient (Wildman–Crippen LogP) is 1.09. The van der Waals surface area contributed by atoms with Gasteiger partial charge in [0.05, 0.1) is 18.3 Å². The van der Waals surface area contributed by atoms with Gasteiger partial charge in [0.15, 0.2) is 5.13 Å². The highest BCUT2D eigenvalue weighted by molar-refractivity contribution is 7.15. The second-order valence-electron chi connectivity index (χ2n) is 6.14. The minimum Gasteiger partial charge on any atom is -0.392 e. The van der Waals surface area contributed by atoms with E-state index in [2.05, 4.69) is 27.0 Å². The summed E-state index contributed by atoms with van der Waals surface area (Å²) in [4.78, 5) is 22.0. The van der Waals surface area contributed by atoms with Gasteiger partial charge in [-0.15, -0.1) is 11.3 Å². The lowest BCUT2D eigenvalue weighted by atomic mass is 10.1. The molecule has 1 saturated heterocycles. The van der Waals surface area contributed by atoms with Crippen LogP contribution < -0.4 is 5.32 Å². The standard InChI is InChI=1S/C15H26N4O2S/c1-10-7-18(5-6-19(10)8-11(2)20)9-14(21)17-15-16-12(3)13(4)22-15/h10-11,20H,5-9H2,1-4H3,(H,16,17,21). The summed E-state index contributed by atoms with van der Waals surface area (Å²) in [5.41, 5.74) is 0.973. The Kier molecular flexibility index (Phi) is 5.91. The Morgan fingerprint density at radius 1 is 1.50 bits per heavy atom. The third-order valence-electron chi connectivity index (χ3n) is 3.99. The number of amides is 1. The number of aliphatic hydroxyl groups is 1. The van der Waals surface area contributed by atoms with E-state index in [1.54, 1.807) is 0 Å². The van der Waals surface area contributed by atoms with Crippen LogP contribution in [0.3, 0.4) is 0 Å². The van der Waals surface area contributed by atoms with Gasteiger partial charge in [0.25, 0.3) is 0 Å². The Morgan fingerprint density at radius 3 is 2.77 bits per heavy atom. The molecule has 0 saturated carbocycles. The second-order valence-corrected chi connectivity index (χ2v) is 7.34. The number of aromatic nitrogens is 1. The van der Waals surface area contributed by atoms with Crippen LogP contribution in [-0.2, 0) is 4.79 Å². The molecule has 0 bridgehead atoms. The van der Waals surface area contributed by atoms with E-state index in [0.717, 1.165) is 30.2 Å². The summed E-state index contributed by atoms with van der Waals surface area (Å²) in [5.74, 6) is -0.00933. The van der Waals surface area contributed by atoms with Crippen molar-refractivity contribution >= 4 is 22.4 Å². The molecule has 6 nitrogen and oxygen atoms in total. The first-order valence-corrected chi connectivity index (χ1v) is 8.55. The first-order chi connectivity index (χ1) is 10.3. The van der Waals surface area contributed by atoms with E-state index in [4.69, 9.17) is 0 Å². The van der Waals surface area contributed by atoms with Crippen LogP contribution in [0.15, 0.2) is 0 Å². The zero-order valence-electron chi connectivity index (χ0n) is 13.8. The number of rotatable bonds is 5. The van der Waals surface area contributed by atoms with Crippen LogP contribution in [0.5, 0.6) is 0 Å². The molecular weight excluding hydrogens is 300 g/mol. The van der Waals surface area contributed by atoms with Crippen LogP contribution in [0.25, 0.3) is 0 Å². The average molecular weight is 326 g/mol. The molecule has 1 aromatic rings. The molecule has 1 aliphatic rings. The molecule has 2 heterocycles. The average Bonchev–Trinajstić information content (AvgIpc) is 2.71. The molecule has 2 N–H and O–H groups in total. The van der Waals surface area contributed by atoms with E-state index in [1.165, 1.54) is 11.3 Å². The van der Waals surface area contributed by atoms with Gasteiger partial charge in [-0.25, -0.2) is 4.98 Å². The van der Waals surface area contributed by atoms with Crippen LogP contribution in [0.1, 0.15) is 24.4 Å². The van der Waals surface area contributed by atoms with Crippen molar-refractivity contribution in [3.8, 4) is 0 Å². The number of nitrogens with zero attached hydrogens (tertiary/aromatic N) is 3. The van der Waals surface area contributed by atoms with Gasteiger partial charge in [0.2, 0.25) is 5.91 Å². The van der Waals surface area contributed by atoms with Crippen molar-refractivity contribution in [2.24, 2.45) is 0 Å². The van der Waals surface area contributed by atoms with Gasteiger partial charge < -0.3 is 10.4 Å².